The molecule has 0 unspecified atom stereocenters. The lowest BCUT2D eigenvalue weighted by Crippen LogP contribution is -2.01. The summed E-state index contributed by atoms with van der Waals surface area (Å²) in [4.78, 5) is 21.5. The van der Waals surface area contributed by atoms with E-state index in [0.29, 0.717) is 10.8 Å². The molecule has 0 aromatic heterocycles. The number of benzene rings is 1. The number of aromatic carboxylic acids is 1. The third kappa shape index (κ3) is 3.74. The molecule has 0 aliphatic carbocycles. The molecule has 1 N–H and O–H groups in total. The average molecular weight is 255 g/mol. The van der Waals surface area contributed by atoms with E-state index in [1.165, 1.54) is 30.0 Å². The first kappa shape index (κ1) is 13.5. The molecule has 0 bridgehead atoms. The van der Waals surface area contributed by atoms with Crippen LogP contribution in [0.3, 0.4) is 0 Å². The molecule has 1 rings (SSSR count). The van der Waals surface area contributed by atoms with E-state index in [4.69, 9.17) is 5.11 Å². The molecule has 1 aromatic rings. The van der Waals surface area contributed by atoms with Crippen LogP contribution in [0.4, 0.5) is 5.69 Å². The third-order valence-electron chi connectivity index (χ3n) is 1.98. The van der Waals surface area contributed by atoms with Crippen molar-refractivity contribution >= 4 is 23.4 Å². The van der Waals surface area contributed by atoms with E-state index in [-0.39, 0.29) is 11.3 Å². The maximum absolute atomic E-state index is 11.0. The van der Waals surface area contributed by atoms with Crippen LogP contribution in [0, 0.1) is 16.0 Å². The maximum Gasteiger partial charge on any atom is 0.336 e. The Labute approximate surface area is 103 Å². The van der Waals surface area contributed by atoms with Gasteiger partial charge in [-0.2, -0.15) is 0 Å². The van der Waals surface area contributed by atoms with Gasteiger partial charge in [0.05, 0.1) is 10.5 Å². The Balaban J connectivity index is 3.07. The molecule has 0 heterocycles. The lowest BCUT2D eigenvalue weighted by Gasteiger charge is -2.07. The van der Waals surface area contributed by atoms with Crippen molar-refractivity contribution in [1.82, 2.24) is 0 Å². The van der Waals surface area contributed by atoms with Crippen LogP contribution in [-0.2, 0) is 0 Å². The molecule has 0 fully saturated rings. The number of carboxylic acid groups (broad SMARTS) is 1. The summed E-state index contributed by atoms with van der Waals surface area (Å²) < 4.78 is 0. The lowest BCUT2D eigenvalue weighted by molar-refractivity contribution is -0.385. The van der Waals surface area contributed by atoms with E-state index in [9.17, 15) is 14.9 Å². The summed E-state index contributed by atoms with van der Waals surface area (Å²) in [6.45, 7) is 4.01. The van der Waals surface area contributed by atoms with Gasteiger partial charge in [-0.25, -0.2) is 4.79 Å². The molecule has 0 atom stereocenters. The molecule has 6 heteroatoms. The van der Waals surface area contributed by atoms with Gasteiger partial charge in [-0.3, -0.25) is 10.1 Å². The van der Waals surface area contributed by atoms with Crippen LogP contribution < -0.4 is 0 Å². The van der Waals surface area contributed by atoms with E-state index in [1.54, 1.807) is 0 Å². The third-order valence-corrected chi connectivity index (χ3v) is 3.46. The van der Waals surface area contributed by atoms with Crippen molar-refractivity contribution in [3.63, 3.8) is 0 Å². The second-order valence-electron chi connectivity index (χ2n) is 3.95. The number of carboxylic acids is 1. The van der Waals surface area contributed by atoms with Crippen LogP contribution in [-0.4, -0.2) is 21.8 Å². The highest BCUT2D eigenvalue weighted by Gasteiger charge is 2.15. The molecular formula is C11H13NO4S. The molecule has 92 valence electrons. The summed E-state index contributed by atoms with van der Waals surface area (Å²) in [6.07, 6.45) is 0. The zero-order valence-electron chi connectivity index (χ0n) is 9.54. The Morgan fingerprint density at radius 1 is 1.53 bits per heavy atom. The van der Waals surface area contributed by atoms with Crippen molar-refractivity contribution in [2.45, 2.75) is 18.7 Å². The van der Waals surface area contributed by atoms with E-state index >= 15 is 0 Å². The monoisotopic (exact) mass is 255 g/mol. The predicted octanol–water partition coefficient (Wildman–Crippen LogP) is 3.04. The molecule has 0 saturated heterocycles. The Morgan fingerprint density at radius 3 is 2.65 bits per heavy atom. The minimum Gasteiger partial charge on any atom is -0.478 e. The minimum absolute atomic E-state index is 0.0822. The lowest BCUT2D eigenvalue weighted by atomic mass is 10.2. The van der Waals surface area contributed by atoms with Gasteiger partial charge in [0.1, 0.15) is 0 Å². The minimum atomic E-state index is -1.06. The van der Waals surface area contributed by atoms with Crippen molar-refractivity contribution in [2.75, 3.05) is 5.75 Å². The number of carbonyl (C=O) groups is 1. The van der Waals surface area contributed by atoms with Crippen LogP contribution >= 0.6 is 11.8 Å². The maximum atomic E-state index is 11.0. The van der Waals surface area contributed by atoms with Crippen molar-refractivity contribution in [3.8, 4) is 0 Å². The van der Waals surface area contributed by atoms with E-state index < -0.39 is 10.9 Å². The molecule has 0 saturated carbocycles. The zero-order valence-corrected chi connectivity index (χ0v) is 10.4. The molecule has 0 spiro atoms. The van der Waals surface area contributed by atoms with Gasteiger partial charge in [-0.05, 0) is 12.0 Å². The normalized spacial score (nSPS) is 10.5. The molecule has 1 aromatic carbocycles. The molecular weight excluding hydrogens is 242 g/mol. The van der Waals surface area contributed by atoms with Gasteiger partial charge in [0.15, 0.2) is 0 Å². The number of nitro benzene ring substituents is 1. The summed E-state index contributed by atoms with van der Waals surface area (Å²) in [5, 5.41) is 19.6. The van der Waals surface area contributed by atoms with Crippen molar-refractivity contribution < 1.29 is 14.8 Å². The number of thioether (sulfide) groups is 1. The number of hydrogen-bond acceptors (Lipinski definition) is 4. The Hall–Kier alpha value is -1.56. The second-order valence-corrected chi connectivity index (χ2v) is 5.01. The van der Waals surface area contributed by atoms with Gasteiger partial charge < -0.3 is 5.11 Å². The van der Waals surface area contributed by atoms with Crippen LogP contribution in [0.5, 0.6) is 0 Å². The van der Waals surface area contributed by atoms with Crippen LogP contribution in [0.1, 0.15) is 24.2 Å². The Kier molecular flexibility index (Phi) is 4.51. The van der Waals surface area contributed by atoms with Crippen LogP contribution in [0.25, 0.3) is 0 Å². The van der Waals surface area contributed by atoms with Crippen molar-refractivity contribution in [2.24, 2.45) is 5.92 Å². The largest absolute Gasteiger partial charge is 0.478 e. The highest BCUT2D eigenvalue weighted by molar-refractivity contribution is 7.99. The molecule has 5 nitrogen and oxygen atoms in total. The number of rotatable bonds is 5. The van der Waals surface area contributed by atoms with E-state index in [2.05, 4.69) is 0 Å². The van der Waals surface area contributed by atoms with Gasteiger partial charge in [0.25, 0.3) is 5.69 Å². The first-order chi connectivity index (χ1) is 7.91. The molecule has 0 amide bonds. The van der Waals surface area contributed by atoms with Gasteiger partial charge >= 0.3 is 5.97 Å². The first-order valence-electron chi connectivity index (χ1n) is 5.06. The van der Waals surface area contributed by atoms with Crippen LogP contribution in [0.15, 0.2) is 23.1 Å². The van der Waals surface area contributed by atoms with Crippen molar-refractivity contribution in [1.29, 1.82) is 0 Å². The Morgan fingerprint density at radius 2 is 2.18 bits per heavy atom. The van der Waals surface area contributed by atoms with E-state index in [1.807, 2.05) is 13.8 Å². The van der Waals surface area contributed by atoms with Crippen LogP contribution in [0.2, 0.25) is 0 Å². The van der Waals surface area contributed by atoms with Gasteiger partial charge in [0.2, 0.25) is 0 Å². The van der Waals surface area contributed by atoms with E-state index in [0.717, 1.165) is 5.75 Å². The highest BCUT2D eigenvalue weighted by atomic mass is 32.2. The zero-order chi connectivity index (χ0) is 13.0. The smallest absolute Gasteiger partial charge is 0.336 e. The standard InChI is InChI=1S/C11H13NO4S/c1-7(2)6-17-10-5-8(12(15)16)3-4-9(10)11(13)14/h3-5,7H,6H2,1-2H3,(H,13,14). The SMILES string of the molecule is CC(C)CSc1cc([N+](=O)[O-])ccc1C(=O)O. The predicted molar refractivity (Wildman–Crippen MR) is 65.6 cm³/mol. The summed E-state index contributed by atoms with van der Waals surface area (Å²) in [6, 6.07) is 3.81. The quantitative estimate of drug-likeness (QED) is 0.497. The summed E-state index contributed by atoms with van der Waals surface area (Å²) in [5.41, 5.74) is 0.0301. The second kappa shape index (κ2) is 5.67. The van der Waals surface area contributed by atoms with Gasteiger partial charge in [-0.15, -0.1) is 11.8 Å². The summed E-state index contributed by atoms with van der Waals surface area (Å²) in [5.74, 6) is 0.0496. The number of hydrogen-bond donors (Lipinski definition) is 1. The molecule has 0 radical (unpaired) electrons. The average Bonchev–Trinajstić information content (AvgIpc) is 2.25. The van der Waals surface area contributed by atoms with Gasteiger partial charge in [0, 0.05) is 22.8 Å². The summed E-state index contributed by atoms with van der Waals surface area (Å²) >= 11 is 1.33. The Bertz CT molecular complexity index is 445. The fourth-order valence-corrected chi connectivity index (χ4v) is 2.20. The fourth-order valence-electron chi connectivity index (χ4n) is 1.18. The van der Waals surface area contributed by atoms with Gasteiger partial charge in [-0.1, -0.05) is 13.8 Å². The number of non-ortho nitro benzene ring substituents is 1. The molecule has 17 heavy (non-hydrogen) atoms. The topological polar surface area (TPSA) is 80.4 Å². The fraction of sp³-hybridized carbons (Fsp3) is 0.364. The number of nitro groups is 1. The summed E-state index contributed by atoms with van der Waals surface area (Å²) in [7, 11) is 0. The first-order valence-corrected chi connectivity index (χ1v) is 6.05. The highest BCUT2D eigenvalue weighted by Crippen LogP contribution is 2.28. The molecule has 0 aliphatic heterocycles. The number of nitrogens with zero attached hydrogens (tertiary/aromatic N) is 1. The van der Waals surface area contributed by atoms with Crippen molar-refractivity contribution in [3.05, 3.63) is 33.9 Å². The molecule has 0 aliphatic rings.